The predicted molar refractivity (Wildman–Crippen MR) is 84.6 cm³/mol. The van der Waals surface area contributed by atoms with E-state index in [0.29, 0.717) is 13.2 Å². The second kappa shape index (κ2) is 7.87. The van der Waals surface area contributed by atoms with Gasteiger partial charge in [-0.05, 0) is 68.3 Å². The number of aliphatic hydroxyl groups excluding tert-OH is 1. The van der Waals surface area contributed by atoms with Gasteiger partial charge in [-0.1, -0.05) is 18.5 Å². The first kappa shape index (κ1) is 17.3. The number of benzene rings is 1. The lowest BCUT2D eigenvalue weighted by Gasteiger charge is -2.24. The molecule has 0 radical (unpaired) electrons. The molecule has 0 saturated carbocycles. The van der Waals surface area contributed by atoms with E-state index in [9.17, 15) is 5.11 Å². The summed E-state index contributed by atoms with van der Waals surface area (Å²) in [6.07, 6.45) is 0.811. The van der Waals surface area contributed by atoms with E-state index in [-0.39, 0.29) is 18.4 Å². The fourth-order valence-electron chi connectivity index (χ4n) is 2.48. The average Bonchev–Trinajstić information content (AvgIpc) is 2.41. The summed E-state index contributed by atoms with van der Waals surface area (Å²) in [5.41, 5.74) is 8.96. The third kappa shape index (κ3) is 3.87. The van der Waals surface area contributed by atoms with Crippen molar-refractivity contribution in [3.8, 4) is 5.75 Å². The molecular weight excluding hydrogens is 274 g/mol. The highest BCUT2D eigenvalue weighted by atomic mass is 35.5. The van der Waals surface area contributed by atoms with Crippen LogP contribution in [0.25, 0.3) is 0 Å². The molecule has 1 aromatic rings. The minimum absolute atomic E-state index is 0.100. The van der Waals surface area contributed by atoms with Crippen molar-refractivity contribution in [1.29, 1.82) is 0 Å². The second-order valence-corrected chi connectivity index (χ2v) is 5.81. The molecule has 4 heteroatoms. The fourth-order valence-corrected chi connectivity index (χ4v) is 2.76. The Morgan fingerprint density at radius 2 is 2.05 bits per heavy atom. The van der Waals surface area contributed by atoms with E-state index in [1.54, 1.807) is 0 Å². The van der Waals surface area contributed by atoms with Crippen molar-refractivity contribution < 1.29 is 9.84 Å². The van der Waals surface area contributed by atoms with Gasteiger partial charge < -0.3 is 15.6 Å². The molecule has 114 valence electrons. The predicted octanol–water partition coefficient (Wildman–Crippen LogP) is 3.10. The fraction of sp³-hybridized carbons (Fsp3) is 0.625. The third-order valence-electron chi connectivity index (χ3n) is 3.94. The lowest BCUT2D eigenvalue weighted by molar-refractivity contribution is 0.186. The Morgan fingerprint density at radius 3 is 2.55 bits per heavy atom. The highest BCUT2D eigenvalue weighted by Crippen LogP contribution is 2.34. The normalized spacial score (nSPS) is 14.2. The Hall–Kier alpha value is -0.770. The summed E-state index contributed by atoms with van der Waals surface area (Å²) in [6, 6.07) is 1.95. The summed E-state index contributed by atoms with van der Waals surface area (Å²) >= 11 is 6.29. The largest absolute Gasteiger partial charge is 0.493 e. The SMILES string of the molecule is CCOc1c(C)cc(Cl)c(C)c1CC(C)C(CN)CO. The van der Waals surface area contributed by atoms with Gasteiger partial charge in [0, 0.05) is 11.6 Å². The summed E-state index contributed by atoms with van der Waals surface area (Å²) in [7, 11) is 0. The molecule has 0 bridgehead atoms. The average molecular weight is 300 g/mol. The molecule has 0 aliphatic rings. The van der Waals surface area contributed by atoms with Gasteiger partial charge in [-0.15, -0.1) is 0 Å². The molecule has 0 aromatic heterocycles. The van der Waals surface area contributed by atoms with Crippen LogP contribution in [0.2, 0.25) is 5.02 Å². The minimum atomic E-state index is 0.100. The number of ether oxygens (including phenoxy) is 1. The Bertz CT molecular complexity index is 445. The van der Waals surface area contributed by atoms with Crippen molar-refractivity contribution in [2.24, 2.45) is 17.6 Å². The standard InChI is InChI=1S/C16H26ClNO2/c1-5-20-16-11(3)7-15(17)12(4)14(16)6-10(2)13(8-18)9-19/h7,10,13,19H,5-6,8-9,18H2,1-4H3. The Morgan fingerprint density at radius 1 is 1.40 bits per heavy atom. The molecule has 20 heavy (non-hydrogen) atoms. The van der Waals surface area contributed by atoms with Gasteiger partial charge in [-0.25, -0.2) is 0 Å². The highest BCUT2D eigenvalue weighted by molar-refractivity contribution is 6.31. The van der Waals surface area contributed by atoms with Crippen LogP contribution in [-0.4, -0.2) is 24.9 Å². The summed E-state index contributed by atoms with van der Waals surface area (Å²) in [6.45, 7) is 9.34. The van der Waals surface area contributed by atoms with Crippen molar-refractivity contribution in [3.05, 3.63) is 27.8 Å². The van der Waals surface area contributed by atoms with Crippen molar-refractivity contribution in [1.82, 2.24) is 0 Å². The van der Waals surface area contributed by atoms with Gasteiger partial charge in [0.15, 0.2) is 0 Å². The number of hydrogen-bond acceptors (Lipinski definition) is 3. The minimum Gasteiger partial charge on any atom is -0.493 e. The van der Waals surface area contributed by atoms with E-state index < -0.39 is 0 Å². The van der Waals surface area contributed by atoms with Crippen LogP contribution in [0, 0.1) is 25.7 Å². The van der Waals surface area contributed by atoms with Crippen LogP contribution in [0.5, 0.6) is 5.75 Å². The summed E-state index contributed by atoms with van der Waals surface area (Å²) in [5, 5.41) is 10.2. The maximum Gasteiger partial charge on any atom is 0.125 e. The monoisotopic (exact) mass is 299 g/mol. The molecule has 2 atom stereocenters. The van der Waals surface area contributed by atoms with Crippen molar-refractivity contribution in [2.75, 3.05) is 19.8 Å². The van der Waals surface area contributed by atoms with Crippen LogP contribution in [0.15, 0.2) is 6.07 Å². The molecule has 0 fully saturated rings. The van der Waals surface area contributed by atoms with E-state index in [1.807, 2.05) is 26.8 Å². The molecule has 1 aromatic carbocycles. The van der Waals surface area contributed by atoms with Crippen LogP contribution >= 0.6 is 11.6 Å². The summed E-state index contributed by atoms with van der Waals surface area (Å²) < 4.78 is 5.80. The molecule has 0 amide bonds. The number of nitrogens with two attached hydrogens (primary N) is 1. The number of aryl methyl sites for hydroxylation is 1. The van der Waals surface area contributed by atoms with E-state index in [2.05, 4.69) is 6.92 Å². The zero-order chi connectivity index (χ0) is 15.3. The van der Waals surface area contributed by atoms with Crippen LogP contribution in [0.4, 0.5) is 0 Å². The number of halogens is 1. The first-order valence-corrected chi connectivity index (χ1v) is 7.56. The smallest absolute Gasteiger partial charge is 0.125 e. The lowest BCUT2D eigenvalue weighted by atomic mass is 9.86. The zero-order valence-electron chi connectivity index (χ0n) is 12.9. The van der Waals surface area contributed by atoms with E-state index in [0.717, 1.165) is 33.9 Å². The molecule has 3 nitrogen and oxygen atoms in total. The molecule has 0 heterocycles. The second-order valence-electron chi connectivity index (χ2n) is 5.40. The zero-order valence-corrected chi connectivity index (χ0v) is 13.6. The first-order chi connectivity index (χ1) is 9.46. The van der Waals surface area contributed by atoms with E-state index >= 15 is 0 Å². The van der Waals surface area contributed by atoms with E-state index in [1.165, 1.54) is 0 Å². The topological polar surface area (TPSA) is 55.5 Å². The molecule has 2 unspecified atom stereocenters. The van der Waals surface area contributed by atoms with Gasteiger partial charge in [0.2, 0.25) is 0 Å². The van der Waals surface area contributed by atoms with Crippen molar-refractivity contribution in [3.63, 3.8) is 0 Å². The number of aliphatic hydroxyl groups is 1. The van der Waals surface area contributed by atoms with Gasteiger partial charge in [0.25, 0.3) is 0 Å². The van der Waals surface area contributed by atoms with Crippen LogP contribution in [-0.2, 0) is 6.42 Å². The van der Waals surface area contributed by atoms with Crippen molar-refractivity contribution >= 4 is 11.6 Å². The van der Waals surface area contributed by atoms with Crippen LogP contribution < -0.4 is 10.5 Å². The highest BCUT2D eigenvalue weighted by Gasteiger charge is 2.20. The summed E-state index contributed by atoms with van der Waals surface area (Å²) in [4.78, 5) is 0. The Labute approximate surface area is 127 Å². The first-order valence-electron chi connectivity index (χ1n) is 7.18. The van der Waals surface area contributed by atoms with Crippen LogP contribution in [0.3, 0.4) is 0 Å². The van der Waals surface area contributed by atoms with Gasteiger partial charge in [0.1, 0.15) is 5.75 Å². The van der Waals surface area contributed by atoms with Gasteiger partial charge in [-0.2, -0.15) is 0 Å². The molecule has 0 saturated heterocycles. The van der Waals surface area contributed by atoms with Gasteiger partial charge in [0.05, 0.1) is 6.61 Å². The molecule has 3 N–H and O–H groups in total. The van der Waals surface area contributed by atoms with E-state index in [4.69, 9.17) is 22.1 Å². The Kier molecular flexibility index (Phi) is 6.80. The third-order valence-corrected chi connectivity index (χ3v) is 4.34. The summed E-state index contributed by atoms with van der Waals surface area (Å²) in [5.74, 6) is 1.30. The molecule has 0 spiro atoms. The van der Waals surface area contributed by atoms with Gasteiger partial charge >= 0.3 is 0 Å². The molecular formula is C16H26ClNO2. The number of hydrogen-bond donors (Lipinski definition) is 2. The number of rotatable bonds is 7. The lowest BCUT2D eigenvalue weighted by Crippen LogP contribution is -2.26. The maximum absolute atomic E-state index is 9.39. The maximum atomic E-state index is 9.39. The Balaban J connectivity index is 3.14. The van der Waals surface area contributed by atoms with Gasteiger partial charge in [-0.3, -0.25) is 0 Å². The quantitative estimate of drug-likeness (QED) is 0.813. The van der Waals surface area contributed by atoms with Crippen molar-refractivity contribution in [2.45, 2.75) is 34.1 Å². The van der Waals surface area contributed by atoms with Crippen LogP contribution in [0.1, 0.15) is 30.5 Å². The molecule has 0 aliphatic carbocycles. The molecule has 1 rings (SSSR count). The molecule has 0 aliphatic heterocycles.